The molecule has 0 saturated heterocycles. The third kappa shape index (κ3) is 2.83. The van der Waals surface area contributed by atoms with Gasteiger partial charge in [-0.1, -0.05) is 27.1 Å². The van der Waals surface area contributed by atoms with E-state index in [4.69, 9.17) is 13.9 Å². The normalized spacial score (nSPS) is 12.2. The van der Waals surface area contributed by atoms with Crippen molar-refractivity contribution in [2.75, 3.05) is 12.1 Å². The number of carbonyl (C=O) groups is 1. The highest BCUT2D eigenvalue weighted by atomic mass is 79.9. The number of nitrogens with one attached hydrogen (secondary N) is 1. The summed E-state index contributed by atoms with van der Waals surface area (Å²) in [5, 5.41) is 10.3. The second-order valence-electron chi connectivity index (χ2n) is 4.94. The van der Waals surface area contributed by atoms with Crippen molar-refractivity contribution in [2.24, 2.45) is 0 Å². The molecule has 24 heavy (non-hydrogen) atoms. The van der Waals surface area contributed by atoms with Crippen molar-refractivity contribution in [2.45, 2.75) is 0 Å². The zero-order valence-corrected chi connectivity index (χ0v) is 13.7. The topological polar surface area (TPSA) is 86.5 Å². The molecular formula is C16H10BrN3O4. The summed E-state index contributed by atoms with van der Waals surface area (Å²) in [6.07, 6.45) is 0. The van der Waals surface area contributed by atoms with Crippen LogP contribution in [0.1, 0.15) is 10.4 Å². The molecule has 4 rings (SSSR count). The molecule has 1 aromatic heterocycles. The number of hydrogen-bond acceptors (Lipinski definition) is 6. The van der Waals surface area contributed by atoms with Gasteiger partial charge in [-0.3, -0.25) is 10.1 Å². The van der Waals surface area contributed by atoms with Crippen molar-refractivity contribution in [3.63, 3.8) is 0 Å². The van der Waals surface area contributed by atoms with Gasteiger partial charge >= 0.3 is 6.01 Å². The first-order chi connectivity index (χ1) is 11.7. The van der Waals surface area contributed by atoms with Crippen LogP contribution in [0.2, 0.25) is 0 Å². The molecule has 2 heterocycles. The van der Waals surface area contributed by atoms with Gasteiger partial charge in [0.25, 0.3) is 5.91 Å². The number of carbonyl (C=O) groups excluding carboxylic acids is 1. The Bertz CT molecular complexity index is 925. The van der Waals surface area contributed by atoms with Crippen LogP contribution in [0.5, 0.6) is 11.5 Å². The molecule has 0 fully saturated rings. The van der Waals surface area contributed by atoms with Crippen LogP contribution in [-0.2, 0) is 0 Å². The average Bonchev–Trinajstić information content (AvgIpc) is 3.23. The maximum absolute atomic E-state index is 12.3. The van der Waals surface area contributed by atoms with Crippen molar-refractivity contribution < 1.29 is 18.7 Å². The highest BCUT2D eigenvalue weighted by Gasteiger charge is 2.18. The Morgan fingerprint density at radius 3 is 2.83 bits per heavy atom. The van der Waals surface area contributed by atoms with Gasteiger partial charge in [-0.15, -0.1) is 5.10 Å². The SMILES string of the molecule is O=C(Nc1nnc(-c2cccc(Br)c2)o1)c1ccc2c(c1)OCO2. The van der Waals surface area contributed by atoms with E-state index in [1.807, 2.05) is 24.3 Å². The molecular weight excluding hydrogens is 378 g/mol. The minimum Gasteiger partial charge on any atom is -0.454 e. The van der Waals surface area contributed by atoms with Crippen molar-refractivity contribution >= 4 is 27.9 Å². The summed E-state index contributed by atoms with van der Waals surface area (Å²) in [7, 11) is 0. The Kier molecular flexibility index (Phi) is 3.66. The van der Waals surface area contributed by atoms with Crippen LogP contribution >= 0.6 is 15.9 Å². The smallest absolute Gasteiger partial charge is 0.322 e. The fraction of sp³-hybridized carbons (Fsp3) is 0.0625. The first-order valence-corrected chi connectivity index (χ1v) is 7.79. The molecule has 7 nitrogen and oxygen atoms in total. The maximum Gasteiger partial charge on any atom is 0.322 e. The van der Waals surface area contributed by atoms with E-state index in [0.717, 1.165) is 10.0 Å². The van der Waals surface area contributed by atoms with E-state index < -0.39 is 0 Å². The van der Waals surface area contributed by atoms with Crippen molar-refractivity contribution in [3.05, 3.63) is 52.5 Å². The molecule has 0 unspecified atom stereocenters. The number of nitrogens with zero attached hydrogens (tertiary/aromatic N) is 2. The predicted octanol–water partition coefficient (Wildman–Crippen LogP) is 3.48. The van der Waals surface area contributed by atoms with E-state index in [1.54, 1.807) is 18.2 Å². The molecule has 3 aromatic rings. The molecule has 0 saturated carbocycles. The van der Waals surface area contributed by atoms with Gasteiger partial charge in [0.05, 0.1) is 0 Å². The summed E-state index contributed by atoms with van der Waals surface area (Å²) >= 11 is 3.38. The summed E-state index contributed by atoms with van der Waals surface area (Å²) in [4.78, 5) is 12.3. The van der Waals surface area contributed by atoms with Gasteiger partial charge in [0.2, 0.25) is 12.7 Å². The van der Waals surface area contributed by atoms with Crippen molar-refractivity contribution in [3.8, 4) is 23.0 Å². The summed E-state index contributed by atoms with van der Waals surface area (Å²) in [6.45, 7) is 0.153. The van der Waals surface area contributed by atoms with Crippen LogP contribution < -0.4 is 14.8 Å². The summed E-state index contributed by atoms with van der Waals surface area (Å²) in [6, 6.07) is 12.4. The second kappa shape index (κ2) is 5.97. The fourth-order valence-corrected chi connectivity index (χ4v) is 2.62. The lowest BCUT2D eigenvalue weighted by Crippen LogP contribution is -2.12. The summed E-state index contributed by atoms with van der Waals surface area (Å²) in [5.41, 5.74) is 1.15. The molecule has 0 aliphatic carbocycles. The van der Waals surface area contributed by atoms with E-state index in [-0.39, 0.29) is 18.7 Å². The Hall–Kier alpha value is -2.87. The lowest BCUT2D eigenvalue weighted by Gasteiger charge is -2.02. The molecule has 1 aliphatic heterocycles. The van der Waals surface area contributed by atoms with Crippen LogP contribution in [0.4, 0.5) is 6.01 Å². The maximum atomic E-state index is 12.3. The molecule has 1 aliphatic rings. The second-order valence-corrected chi connectivity index (χ2v) is 5.86. The molecule has 1 N–H and O–H groups in total. The Balaban J connectivity index is 1.52. The molecule has 0 atom stereocenters. The number of anilines is 1. The molecule has 1 amide bonds. The zero-order valence-electron chi connectivity index (χ0n) is 12.2. The van der Waals surface area contributed by atoms with Gasteiger partial charge < -0.3 is 13.9 Å². The number of amides is 1. The molecule has 0 radical (unpaired) electrons. The number of rotatable bonds is 3. The molecule has 2 aromatic carbocycles. The molecule has 0 bridgehead atoms. The molecule has 120 valence electrons. The van der Waals surface area contributed by atoms with E-state index in [9.17, 15) is 4.79 Å². The number of aromatic nitrogens is 2. The van der Waals surface area contributed by atoms with Crippen LogP contribution in [0.15, 0.2) is 51.4 Å². The van der Waals surface area contributed by atoms with Crippen LogP contribution in [0, 0.1) is 0 Å². The average molecular weight is 388 g/mol. The number of fused-ring (bicyclic) bond motifs is 1. The number of halogens is 1. The van der Waals surface area contributed by atoms with Gasteiger partial charge in [-0.25, -0.2) is 0 Å². The lowest BCUT2D eigenvalue weighted by molar-refractivity contribution is 0.102. The first kappa shape index (κ1) is 14.7. The quantitative estimate of drug-likeness (QED) is 0.740. The molecule has 0 spiro atoms. The van der Waals surface area contributed by atoms with Crippen molar-refractivity contribution in [1.82, 2.24) is 10.2 Å². The third-order valence-corrected chi connectivity index (χ3v) is 3.85. The van der Waals surface area contributed by atoms with Gasteiger partial charge in [-0.2, -0.15) is 0 Å². The van der Waals surface area contributed by atoms with Crippen LogP contribution in [-0.4, -0.2) is 22.9 Å². The predicted molar refractivity (Wildman–Crippen MR) is 88.0 cm³/mol. The monoisotopic (exact) mass is 387 g/mol. The van der Waals surface area contributed by atoms with Gasteiger partial charge in [0, 0.05) is 15.6 Å². The minimum atomic E-state index is -0.377. The lowest BCUT2D eigenvalue weighted by atomic mass is 10.2. The van der Waals surface area contributed by atoms with E-state index in [0.29, 0.717) is 23.0 Å². The highest BCUT2D eigenvalue weighted by molar-refractivity contribution is 9.10. The minimum absolute atomic E-state index is 0.0210. The summed E-state index contributed by atoms with van der Waals surface area (Å²) in [5.74, 6) is 1.08. The third-order valence-electron chi connectivity index (χ3n) is 3.35. The Labute approximate surface area is 144 Å². The van der Waals surface area contributed by atoms with Crippen LogP contribution in [0.3, 0.4) is 0 Å². The zero-order chi connectivity index (χ0) is 16.5. The largest absolute Gasteiger partial charge is 0.454 e. The first-order valence-electron chi connectivity index (χ1n) is 6.99. The van der Waals surface area contributed by atoms with Crippen molar-refractivity contribution in [1.29, 1.82) is 0 Å². The van der Waals surface area contributed by atoms with E-state index >= 15 is 0 Å². The van der Waals surface area contributed by atoms with Gasteiger partial charge in [-0.05, 0) is 36.4 Å². The molecule has 8 heteroatoms. The summed E-state index contributed by atoms with van der Waals surface area (Å²) < 4.78 is 16.8. The van der Waals surface area contributed by atoms with E-state index in [2.05, 4.69) is 31.4 Å². The highest BCUT2D eigenvalue weighted by Crippen LogP contribution is 2.32. The van der Waals surface area contributed by atoms with Crippen LogP contribution in [0.25, 0.3) is 11.5 Å². The standard InChI is InChI=1S/C16H10BrN3O4/c17-11-3-1-2-10(6-11)15-19-20-16(24-15)18-14(21)9-4-5-12-13(7-9)23-8-22-12/h1-7H,8H2,(H,18,20,21). The number of ether oxygens (including phenoxy) is 2. The van der Waals surface area contributed by atoms with Gasteiger partial charge in [0.15, 0.2) is 11.5 Å². The number of hydrogen-bond donors (Lipinski definition) is 1. The Morgan fingerprint density at radius 1 is 1.08 bits per heavy atom. The van der Waals surface area contributed by atoms with Gasteiger partial charge in [0.1, 0.15) is 0 Å². The fourth-order valence-electron chi connectivity index (χ4n) is 2.22. The Morgan fingerprint density at radius 2 is 1.96 bits per heavy atom. The van der Waals surface area contributed by atoms with E-state index in [1.165, 1.54) is 0 Å². The number of benzene rings is 2.